The van der Waals surface area contributed by atoms with Gasteiger partial charge in [-0.25, -0.2) is 9.59 Å². The zero-order valence-electron chi connectivity index (χ0n) is 16.5. The topological polar surface area (TPSA) is 82.4 Å². The first-order chi connectivity index (χ1) is 14.1. The molecule has 0 radical (unpaired) electrons. The minimum Gasteiger partial charge on any atom is -0.465 e. The van der Waals surface area contributed by atoms with Gasteiger partial charge in [-0.2, -0.15) is 0 Å². The SMILES string of the molecule is COC(=O)c1cc(C(=O)OC)cc(-c2ccc(C[NH2+]CCc3ccccc3)o2)c1. The second-order valence-electron chi connectivity index (χ2n) is 6.57. The normalized spacial score (nSPS) is 10.6. The maximum atomic E-state index is 11.9. The minimum absolute atomic E-state index is 0.262. The Kier molecular flexibility index (Phi) is 6.81. The number of quaternary nitrogens is 1. The molecule has 1 heterocycles. The average molecular weight is 394 g/mol. The highest BCUT2D eigenvalue weighted by Crippen LogP contribution is 2.25. The van der Waals surface area contributed by atoms with Crippen molar-refractivity contribution in [1.82, 2.24) is 0 Å². The van der Waals surface area contributed by atoms with Gasteiger partial charge in [-0.3, -0.25) is 0 Å². The summed E-state index contributed by atoms with van der Waals surface area (Å²) >= 11 is 0. The lowest BCUT2D eigenvalue weighted by Gasteiger charge is -2.06. The molecule has 0 aliphatic heterocycles. The molecular weight excluding hydrogens is 370 g/mol. The number of furan rings is 1. The van der Waals surface area contributed by atoms with E-state index in [-0.39, 0.29) is 11.1 Å². The Balaban J connectivity index is 1.70. The lowest BCUT2D eigenvalue weighted by molar-refractivity contribution is -0.671. The number of carbonyl (C=O) groups excluding carboxylic acids is 2. The van der Waals surface area contributed by atoms with Crippen molar-refractivity contribution in [2.75, 3.05) is 20.8 Å². The molecule has 0 saturated heterocycles. The number of benzene rings is 2. The van der Waals surface area contributed by atoms with Crippen LogP contribution in [-0.2, 0) is 22.4 Å². The zero-order valence-corrected chi connectivity index (χ0v) is 16.5. The van der Waals surface area contributed by atoms with Crippen LogP contribution in [0.15, 0.2) is 65.1 Å². The maximum Gasteiger partial charge on any atom is 0.337 e. The van der Waals surface area contributed by atoms with Gasteiger partial charge in [0.05, 0.1) is 31.9 Å². The molecule has 0 amide bonds. The van der Waals surface area contributed by atoms with Crippen LogP contribution < -0.4 is 5.32 Å². The van der Waals surface area contributed by atoms with Gasteiger partial charge in [0, 0.05) is 12.0 Å². The quantitative estimate of drug-likeness (QED) is 0.469. The van der Waals surface area contributed by atoms with Crippen molar-refractivity contribution in [2.24, 2.45) is 0 Å². The summed E-state index contributed by atoms with van der Waals surface area (Å²) in [6, 6.07) is 18.8. The lowest BCUT2D eigenvalue weighted by Crippen LogP contribution is -2.83. The van der Waals surface area contributed by atoms with E-state index in [1.54, 1.807) is 12.1 Å². The zero-order chi connectivity index (χ0) is 20.6. The molecule has 0 aliphatic carbocycles. The van der Waals surface area contributed by atoms with Gasteiger partial charge in [0.25, 0.3) is 0 Å². The third-order valence-electron chi connectivity index (χ3n) is 4.55. The molecule has 0 bridgehead atoms. The Hall–Kier alpha value is -3.38. The molecule has 2 N–H and O–H groups in total. The second kappa shape index (κ2) is 9.71. The fourth-order valence-corrected chi connectivity index (χ4v) is 3.04. The van der Waals surface area contributed by atoms with E-state index in [1.807, 2.05) is 30.3 Å². The molecular formula is C23H24NO5+. The molecule has 2 aromatic carbocycles. The monoisotopic (exact) mass is 394 g/mol. The fourth-order valence-electron chi connectivity index (χ4n) is 3.04. The minimum atomic E-state index is -0.530. The summed E-state index contributed by atoms with van der Waals surface area (Å²) in [7, 11) is 2.59. The fraction of sp³-hybridized carbons (Fsp3) is 0.217. The predicted octanol–water partition coefficient (Wildman–Crippen LogP) is 2.83. The molecule has 0 aliphatic rings. The Bertz CT molecular complexity index is 944. The third kappa shape index (κ3) is 5.33. The van der Waals surface area contributed by atoms with Gasteiger partial charge in [-0.15, -0.1) is 0 Å². The van der Waals surface area contributed by atoms with Crippen LogP contribution in [0.4, 0.5) is 0 Å². The van der Waals surface area contributed by atoms with Crippen LogP contribution in [0.5, 0.6) is 0 Å². The van der Waals surface area contributed by atoms with Gasteiger partial charge >= 0.3 is 11.9 Å². The largest absolute Gasteiger partial charge is 0.465 e. The molecule has 0 spiro atoms. The average Bonchev–Trinajstić information content (AvgIpc) is 3.25. The Labute approximate surface area is 169 Å². The van der Waals surface area contributed by atoms with Gasteiger partial charge in [0.15, 0.2) is 5.76 Å². The summed E-state index contributed by atoms with van der Waals surface area (Å²) in [5.74, 6) is 0.333. The molecule has 0 fully saturated rings. The van der Waals surface area contributed by atoms with E-state index >= 15 is 0 Å². The summed E-state index contributed by atoms with van der Waals surface area (Å²) in [5.41, 5.74) is 2.44. The third-order valence-corrected chi connectivity index (χ3v) is 4.55. The van der Waals surface area contributed by atoms with E-state index in [0.717, 1.165) is 18.7 Å². The molecule has 0 unspecified atom stereocenters. The number of rotatable bonds is 8. The number of carbonyl (C=O) groups is 2. The molecule has 3 aromatic rings. The van der Waals surface area contributed by atoms with E-state index in [4.69, 9.17) is 13.9 Å². The highest BCUT2D eigenvalue weighted by atomic mass is 16.5. The number of nitrogens with two attached hydrogens (primary N) is 1. The highest BCUT2D eigenvalue weighted by molar-refractivity contribution is 5.97. The smallest absolute Gasteiger partial charge is 0.337 e. The molecule has 6 nitrogen and oxygen atoms in total. The van der Waals surface area contributed by atoms with Crippen molar-refractivity contribution in [3.05, 3.63) is 83.1 Å². The van der Waals surface area contributed by atoms with Crippen LogP contribution in [0, 0.1) is 0 Å². The van der Waals surface area contributed by atoms with Crippen LogP contribution >= 0.6 is 0 Å². The number of esters is 2. The van der Waals surface area contributed by atoms with Crippen molar-refractivity contribution >= 4 is 11.9 Å². The van der Waals surface area contributed by atoms with Crippen LogP contribution in [0.3, 0.4) is 0 Å². The first-order valence-corrected chi connectivity index (χ1v) is 9.37. The number of ether oxygens (including phenoxy) is 2. The lowest BCUT2D eigenvalue weighted by atomic mass is 10.0. The van der Waals surface area contributed by atoms with E-state index in [9.17, 15) is 9.59 Å². The Morgan fingerprint density at radius 2 is 1.55 bits per heavy atom. The molecule has 3 rings (SSSR count). The van der Waals surface area contributed by atoms with Gasteiger partial charge in [0.2, 0.25) is 0 Å². The number of methoxy groups -OCH3 is 2. The van der Waals surface area contributed by atoms with Crippen molar-refractivity contribution in [3.8, 4) is 11.3 Å². The van der Waals surface area contributed by atoms with E-state index in [0.29, 0.717) is 17.9 Å². The van der Waals surface area contributed by atoms with Gasteiger partial charge in [-0.05, 0) is 35.9 Å². The molecule has 0 saturated carbocycles. The summed E-state index contributed by atoms with van der Waals surface area (Å²) in [6.07, 6.45) is 0.984. The molecule has 6 heteroatoms. The molecule has 150 valence electrons. The van der Waals surface area contributed by atoms with E-state index in [2.05, 4.69) is 17.4 Å². The van der Waals surface area contributed by atoms with Gasteiger partial charge < -0.3 is 19.2 Å². The van der Waals surface area contributed by atoms with Crippen LogP contribution in [0.2, 0.25) is 0 Å². The predicted molar refractivity (Wildman–Crippen MR) is 107 cm³/mol. The van der Waals surface area contributed by atoms with Crippen molar-refractivity contribution in [3.63, 3.8) is 0 Å². The maximum absolute atomic E-state index is 11.9. The van der Waals surface area contributed by atoms with E-state index in [1.165, 1.54) is 25.8 Å². The summed E-state index contributed by atoms with van der Waals surface area (Å²) in [4.78, 5) is 23.9. The molecule has 0 atom stereocenters. The standard InChI is InChI=1S/C23H23NO5/c1-27-22(25)18-12-17(13-19(14-18)23(26)28-2)21-9-8-20(29-21)15-24-11-10-16-6-4-3-5-7-16/h3-9,12-14,24H,10-11,15H2,1-2H3/p+1. The highest BCUT2D eigenvalue weighted by Gasteiger charge is 2.16. The number of hydrogen-bond acceptors (Lipinski definition) is 5. The molecule has 1 aromatic heterocycles. The summed E-state index contributed by atoms with van der Waals surface area (Å²) in [5, 5.41) is 2.18. The first-order valence-electron chi connectivity index (χ1n) is 9.37. The van der Waals surface area contributed by atoms with Crippen molar-refractivity contribution in [1.29, 1.82) is 0 Å². The van der Waals surface area contributed by atoms with Crippen molar-refractivity contribution in [2.45, 2.75) is 13.0 Å². The Morgan fingerprint density at radius 1 is 0.897 bits per heavy atom. The van der Waals surface area contributed by atoms with Gasteiger partial charge in [0.1, 0.15) is 12.3 Å². The summed E-state index contributed by atoms with van der Waals surface area (Å²) < 4.78 is 15.5. The van der Waals surface area contributed by atoms with Crippen LogP contribution in [0.25, 0.3) is 11.3 Å². The summed E-state index contributed by atoms with van der Waals surface area (Å²) in [6.45, 7) is 1.65. The second-order valence-corrected chi connectivity index (χ2v) is 6.57. The Morgan fingerprint density at radius 3 is 2.17 bits per heavy atom. The number of hydrogen-bond donors (Lipinski definition) is 1. The molecule has 29 heavy (non-hydrogen) atoms. The van der Waals surface area contributed by atoms with Crippen LogP contribution in [0.1, 0.15) is 32.0 Å². The van der Waals surface area contributed by atoms with E-state index < -0.39 is 11.9 Å². The van der Waals surface area contributed by atoms with Crippen molar-refractivity contribution < 1.29 is 28.8 Å². The van der Waals surface area contributed by atoms with Gasteiger partial charge in [-0.1, -0.05) is 30.3 Å². The van der Waals surface area contributed by atoms with Crippen LogP contribution in [-0.4, -0.2) is 32.7 Å². The first kappa shape index (κ1) is 20.4.